The number of hydrogen-bond acceptors (Lipinski definition) is 3. The molecule has 0 aliphatic heterocycles. The maximum atomic E-state index is 4.89. The summed E-state index contributed by atoms with van der Waals surface area (Å²) in [5, 5.41) is 0. The van der Waals surface area contributed by atoms with E-state index in [-0.39, 0.29) is 0 Å². The number of rotatable bonds is 9. The highest BCUT2D eigenvalue weighted by molar-refractivity contribution is 5.74. The lowest BCUT2D eigenvalue weighted by molar-refractivity contribution is -0.778. The second kappa shape index (κ2) is 13.2. The Balaban J connectivity index is 1.02. The van der Waals surface area contributed by atoms with Crippen molar-refractivity contribution in [3.8, 4) is 45.0 Å². The van der Waals surface area contributed by atoms with Crippen LogP contribution >= 0.6 is 0 Å². The molecule has 0 radical (unpaired) electrons. The van der Waals surface area contributed by atoms with Crippen LogP contribution in [0.15, 0.2) is 165 Å². The van der Waals surface area contributed by atoms with Gasteiger partial charge in [-0.2, -0.15) is 9.13 Å². The molecule has 45 heavy (non-hydrogen) atoms. The van der Waals surface area contributed by atoms with E-state index in [0.717, 1.165) is 53.5 Å². The number of pyridine rings is 6. The number of nitrogens with zero attached hydrogens (tertiary/aromatic N) is 6. The number of aryl methyl sites for hydroxylation is 2. The maximum absolute atomic E-state index is 4.89. The molecule has 0 aliphatic carbocycles. The fourth-order valence-electron chi connectivity index (χ4n) is 5.37. The summed E-state index contributed by atoms with van der Waals surface area (Å²) >= 11 is 0. The van der Waals surface area contributed by atoms with E-state index in [1.807, 2.05) is 36.4 Å². The lowest BCUT2D eigenvalue weighted by Gasteiger charge is -2.09. The van der Waals surface area contributed by atoms with Crippen LogP contribution in [0.3, 0.4) is 0 Å². The predicted octanol–water partition coefficient (Wildman–Crippen LogP) is 6.15. The first-order valence-electron chi connectivity index (χ1n) is 15.1. The lowest BCUT2D eigenvalue weighted by atomic mass is 10.0. The Morgan fingerprint density at radius 3 is 1.31 bits per heavy atom. The highest BCUT2D eigenvalue weighted by Gasteiger charge is 2.13. The molecule has 6 heterocycles. The molecule has 6 aromatic heterocycles. The molecule has 0 aliphatic rings. The van der Waals surface area contributed by atoms with Crippen LogP contribution in [0.2, 0.25) is 0 Å². The summed E-state index contributed by atoms with van der Waals surface area (Å²) in [5.41, 5.74) is 9.24. The van der Waals surface area contributed by atoms with Gasteiger partial charge in [-0.3, -0.25) is 9.97 Å². The van der Waals surface area contributed by atoms with Crippen LogP contribution in [0.1, 0.15) is 5.56 Å². The molecular weight excluding hydrogens is 552 g/mol. The predicted molar refractivity (Wildman–Crippen MR) is 174 cm³/mol. The minimum Gasteiger partial charge on any atom is -0.255 e. The van der Waals surface area contributed by atoms with E-state index in [4.69, 9.17) is 4.98 Å². The highest BCUT2D eigenvalue weighted by atomic mass is 15.0. The minimum absolute atomic E-state index is 0.826. The summed E-state index contributed by atoms with van der Waals surface area (Å²) < 4.78 is 6.65. The Bertz CT molecular complexity index is 1920. The van der Waals surface area contributed by atoms with Gasteiger partial charge in [0.2, 0.25) is 13.1 Å². The highest BCUT2D eigenvalue weighted by Crippen LogP contribution is 2.28. The van der Waals surface area contributed by atoms with Gasteiger partial charge in [-0.15, -0.1) is 0 Å². The average Bonchev–Trinajstić information content (AvgIpc) is 3.12. The summed E-state index contributed by atoms with van der Waals surface area (Å²) in [6.45, 7) is 2.61. The van der Waals surface area contributed by atoms with Gasteiger partial charge in [0.05, 0.1) is 22.8 Å². The molecule has 0 unspecified atom stereocenters. The summed E-state index contributed by atoms with van der Waals surface area (Å²) in [5.74, 6) is 0. The van der Waals surface area contributed by atoms with Crippen LogP contribution in [0.5, 0.6) is 0 Å². The topological polar surface area (TPSA) is 50.3 Å². The summed E-state index contributed by atoms with van der Waals surface area (Å²) in [4.78, 5) is 14.0. The second-order valence-corrected chi connectivity index (χ2v) is 11.0. The van der Waals surface area contributed by atoms with E-state index >= 15 is 0 Å². The summed E-state index contributed by atoms with van der Waals surface area (Å²) in [6, 6.07) is 39.6. The zero-order valence-corrected chi connectivity index (χ0v) is 24.9. The van der Waals surface area contributed by atoms with Gasteiger partial charge < -0.3 is 0 Å². The molecule has 0 saturated carbocycles. The van der Waals surface area contributed by atoms with E-state index in [9.17, 15) is 0 Å². The molecule has 0 spiro atoms. The molecule has 0 fully saturated rings. The SMILES string of the molecule is c1ccc(C[n+]2ccc(-c3cc[n+](CC[n+]4ccc(-c5cc(-c6ccccn6)nc(-c6ccccn6)c5)cc4)cc3)cc2)cc1. The number of aromatic nitrogens is 6. The van der Waals surface area contributed by atoms with Crippen molar-refractivity contribution >= 4 is 0 Å². The van der Waals surface area contributed by atoms with Crippen LogP contribution < -0.4 is 13.7 Å². The van der Waals surface area contributed by atoms with Crippen LogP contribution in [0.25, 0.3) is 45.0 Å². The minimum atomic E-state index is 0.826. The van der Waals surface area contributed by atoms with Crippen LogP contribution in [0, 0.1) is 0 Å². The molecule has 0 amide bonds. The van der Waals surface area contributed by atoms with Crippen molar-refractivity contribution in [1.82, 2.24) is 15.0 Å². The van der Waals surface area contributed by atoms with Crippen molar-refractivity contribution < 1.29 is 13.7 Å². The Hall–Kier alpha value is -5.88. The first-order chi connectivity index (χ1) is 22.3. The van der Waals surface area contributed by atoms with Gasteiger partial charge in [-0.05, 0) is 58.7 Å². The monoisotopic (exact) mass is 585 g/mol. The number of hydrogen-bond donors (Lipinski definition) is 0. The lowest BCUT2D eigenvalue weighted by Crippen LogP contribution is -2.43. The first-order valence-corrected chi connectivity index (χ1v) is 15.1. The van der Waals surface area contributed by atoms with E-state index in [1.54, 1.807) is 12.4 Å². The third-order valence-electron chi connectivity index (χ3n) is 7.84. The number of benzene rings is 1. The molecule has 0 bridgehead atoms. The van der Waals surface area contributed by atoms with E-state index in [1.165, 1.54) is 16.7 Å². The maximum Gasteiger partial charge on any atom is 0.206 e. The Morgan fingerprint density at radius 1 is 0.400 bits per heavy atom. The smallest absolute Gasteiger partial charge is 0.206 e. The zero-order valence-electron chi connectivity index (χ0n) is 24.9. The standard InChI is InChI=1S/C39H33N6/c1-2-8-31(9-3-1)30-45-24-16-33(17-25-45)32-12-20-43(21-13-32)26-27-44-22-14-34(15-23-44)35-28-38(36-10-4-6-18-40-36)42-39(29-35)37-11-5-7-19-41-37/h1-25,28-29H,26-27,30H2/q+3. The van der Waals surface area contributed by atoms with Gasteiger partial charge >= 0.3 is 0 Å². The van der Waals surface area contributed by atoms with Gasteiger partial charge in [-0.25, -0.2) is 9.55 Å². The summed E-state index contributed by atoms with van der Waals surface area (Å²) in [7, 11) is 0. The van der Waals surface area contributed by atoms with Crippen molar-refractivity contribution in [1.29, 1.82) is 0 Å². The quantitative estimate of drug-likeness (QED) is 0.191. The largest absolute Gasteiger partial charge is 0.255 e. The average molecular weight is 586 g/mol. The third-order valence-corrected chi connectivity index (χ3v) is 7.84. The molecule has 0 atom stereocenters. The van der Waals surface area contributed by atoms with Gasteiger partial charge in [-0.1, -0.05) is 42.5 Å². The zero-order chi connectivity index (χ0) is 30.3. The van der Waals surface area contributed by atoms with Gasteiger partial charge in [0.25, 0.3) is 0 Å². The van der Waals surface area contributed by atoms with Gasteiger partial charge in [0.1, 0.15) is 0 Å². The first kappa shape index (κ1) is 27.9. The fourth-order valence-corrected chi connectivity index (χ4v) is 5.37. The Kier molecular flexibility index (Phi) is 8.18. The molecule has 6 nitrogen and oxygen atoms in total. The van der Waals surface area contributed by atoms with Crippen molar-refractivity contribution in [2.24, 2.45) is 0 Å². The summed E-state index contributed by atoms with van der Waals surface area (Å²) in [6.07, 6.45) is 16.5. The van der Waals surface area contributed by atoms with Crippen LogP contribution in [-0.4, -0.2) is 15.0 Å². The molecule has 216 valence electrons. The molecule has 6 heteroatoms. The van der Waals surface area contributed by atoms with Crippen molar-refractivity contribution in [2.75, 3.05) is 0 Å². The fraction of sp³-hybridized carbons (Fsp3) is 0.0769. The van der Waals surface area contributed by atoms with Crippen molar-refractivity contribution in [3.05, 3.63) is 170 Å². The van der Waals surface area contributed by atoms with Crippen LogP contribution in [-0.2, 0) is 19.6 Å². The molecule has 7 rings (SSSR count). The molecule has 7 aromatic rings. The second-order valence-electron chi connectivity index (χ2n) is 11.0. The van der Waals surface area contributed by atoms with Gasteiger partial charge in [0.15, 0.2) is 43.7 Å². The molecule has 0 saturated heterocycles. The normalized spacial score (nSPS) is 10.9. The molecule has 1 aromatic carbocycles. The Labute approximate surface area is 263 Å². The molecule has 0 N–H and O–H groups in total. The van der Waals surface area contributed by atoms with Crippen LogP contribution in [0.4, 0.5) is 0 Å². The molecular formula is C39H33N6+3. The van der Waals surface area contributed by atoms with Crippen molar-refractivity contribution in [3.63, 3.8) is 0 Å². The Morgan fingerprint density at radius 2 is 0.844 bits per heavy atom. The van der Waals surface area contributed by atoms with Crippen molar-refractivity contribution in [2.45, 2.75) is 19.6 Å². The van der Waals surface area contributed by atoms with E-state index in [2.05, 4.69) is 140 Å². The van der Waals surface area contributed by atoms with E-state index < -0.39 is 0 Å². The third kappa shape index (κ3) is 6.86. The van der Waals surface area contributed by atoms with Gasteiger partial charge in [0, 0.05) is 54.4 Å². The van der Waals surface area contributed by atoms with E-state index in [0.29, 0.717) is 0 Å².